The van der Waals surface area contributed by atoms with Crippen molar-refractivity contribution in [3.8, 4) is 6.07 Å². The minimum absolute atomic E-state index is 0.00696. The Morgan fingerprint density at radius 1 is 0.720 bits per heavy atom. The normalized spacial score (nSPS) is 24.2. The molecule has 0 N–H and O–H groups in total. The van der Waals surface area contributed by atoms with E-state index < -0.39 is 11.8 Å². The Labute approximate surface area is 299 Å². The van der Waals surface area contributed by atoms with E-state index >= 15 is 0 Å². The molecule has 4 amide bonds. The van der Waals surface area contributed by atoms with Crippen LogP contribution in [0.25, 0.3) is 28.1 Å². The monoisotopic (exact) mass is 700 g/mol. The van der Waals surface area contributed by atoms with Crippen LogP contribution in [-0.4, -0.2) is 47.5 Å². The number of nitriles is 1. The van der Waals surface area contributed by atoms with Gasteiger partial charge in [-0.3, -0.25) is 29.0 Å². The number of carbonyl (C=O) groups is 4. The van der Waals surface area contributed by atoms with Crippen LogP contribution < -0.4 is 0 Å². The van der Waals surface area contributed by atoms with E-state index in [1.54, 1.807) is 36.5 Å². The Balaban J connectivity index is 1.32. The molecule has 8 rings (SSSR count). The molecular weight excluding hydrogens is 665 g/mol. The molecule has 4 aliphatic carbocycles. The Bertz CT molecular complexity index is 2070. The van der Waals surface area contributed by atoms with Crippen molar-refractivity contribution in [2.45, 2.75) is 88.9 Å². The molecule has 2 aliphatic heterocycles. The molecular formula is C40H36N4O4S2. The molecule has 0 unspecified atom stereocenters. The fourth-order valence-corrected chi connectivity index (χ4v) is 12.2. The SMILES string of the molecule is [C-]#[N+]C1=C(C)/C(=C\c2cc3c(s2)C2=C(c4sc(/C=C5/C(=O)N(C)C(=O)C(C#N)=C5C)cc4C24CCCCC4)C32CCCCC2)C(=O)N(C)C1=O. The molecule has 2 saturated carbocycles. The average molecular weight is 701 g/mol. The lowest BCUT2D eigenvalue weighted by molar-refractivity contribution is -0.140. The Hall–Kier alpha value is -4.64. The summed E-state index contributed by atoms with van der Waals surface area (Å²) in [5, 5.41) is 9.73. The van der Waals surface area contributed by atoms with Crippen LogP contribution in [0.4, 0.5) is 0 Å². The second-order valence-corrected chi connectivity index (χ2v) is 16.6. The number of allylic oxidation sites excluding steroid dienone is 2. The van der Waals surface area contributed by atoms with Gasteiger partial charge in [0.25, 0.3) is 29.3 Å². The van der Waals surface area contributed by atoms with Gasteiger partial charge in [-0.1, -0.05) is 38.5 Å². The first kappa shape index (κ1) is 32.6. The lowest BCUT2D eigenvalue weighted by atomic mass is 9.67. The zero-order valence-corrected chi connectivity index (χ0v) is 30.3. The van der Waals surface area contributed by atoms with Crippen molar-refractivity contribution < 1.29 is 19.2 Å². The Morgan fingerprint density at radius 2 is 1.16 bits per heavy atom. The first-order chi connectivity index (χ1) is 24.0. The maximum atomic E-state index is 13.3. The molecule has 2 fully saturated rings. The van der Waals surface area contributed by atoms with E-state index in [0.717, 1.165) is 70.9 Å². The molecule has 2 aromatic heterocycles. The van der Waals surface area contributed by atoms with Gasteiger partial charge in [0.2, 0.25) is 0 Å². The molecule has 0 aromatic carbocycles. The van der Waals surface area contributed by atoms with E-state index in [2.05, 4.69) is 17.0 Å². The second kappa shape index (κ2) is 11.4. The van der Waals surface area contributed by atoms with Crippen molar-refractivity contribution in [1.29, 1.82) is 5.26 Å². The minimum atomic E-state index is -0.561. The number of likely N-dealkylation sites (N-methyl/N-ethyl adjacent to an activating group) is 2. The summed E-state index contributed by atoms with van der Waals surface area (Å²) >= 11 is 3.47. The zero-order valence-electron chi connectivity index (χ0n) is 28.6. The highest BCUT2D eigenvalue weighted by Gasteiger charge is 2.58. The van der Waals surface area contributed by atoms with E-state index in [0.29, 0.717) is 22.3 Å². The number of imide groups is 2. The maximum Gasteiger partial charge on any atom is 0.271 e. The highest BCUT2D eigenvalue weighted by atomic mass is 32.1. The van der Waals surface area contributed by atoms with Gasteiger partial charge in [-0.25, -0.2) is 4.85 Å². The molecule has 8 nitrogen and oxygen atoms in total. The van der Waals surface area contributed by atoms with Gasteiger partial charge in [-0.15, -0.1) is 22.7 Å². The van der Waals surface area contributed by atoms with Gasteiger partial charge in [0.15, 0.2) is 0 Å². The standard InChI is InChI=1S/C40H36N4O4S2/c1-21-25(35(45)43(4)37(47)27(21)20-41)16-23-18-28-33(49-23)30-31(39(28)12-8-6-9-13-39)34-29(40(30)14-10-7-11-15-40)19-24(50-34)17-26-22(2)32(42-3)38(48)44(5)36(26)46/h16-19H,6-15H2,1-2,4-5H3/b25-16+,26-17+. The number of carbonyl (C=O) groups excluding carboxylic acids is 4. The van der Waals surface area contributed by atoms with Gasteiger partial charge < -0.3 is 0 Å². The summed E-state index contributed by atoms with van der Waals surface area (Å²) in [5.41, 5.74) is 6.97. The van der Waals surface area contributed by atoms with E-state index in [-0.39, 0.29) is 33.9 Å². The van der Waals surface area contributed by atoms with Crippen molar-refractivity contribution in [1.82, 2.24) is 9.80 Å². The molecule has 0 saturated heterocycles. The summed E-state index contributed by atoms with van der Waals surface area (Å²) in [4.78, 5) is 62.1. The number of fused-ring (bicyclic) bond motifs is 8. The van der Waals surface area contributed by atoms with Crippen molar-refractivity contribution >= 4 is 69.6 Å². The average Bonchev–Trinajstić information content (AvgIpc) is 3.85. The van der Waals surface area contributed by atoms with Crippen LogP contribution in [0.15, 0.2) is 45.7 Å². The maximum absolute atomic E-state index is 13.3. The van der Waals surface area contributed by atoms with Crippen molar-refractivity contribution in [2.24, 2.45) is 0 Å². The Kier molecular flexibility index (Phi) is 7.45. The molecule has 2 aromatic rings. The summed E-state index contributed by atoms with van der Waals surface area (Å²) in [6, 6.07) is 6.57. The van der Waals surface area contributed by atoms with Gasteiger partial charge in [-0.05, 0) is 97.2 Å². The quantitative estimate of drug-likeness (QED) is 0.180. The zero-order chi connectivity index (χ0) is 35.3. The van der Waals surface area contributed by atoms with Gasteiger partial charge in [0.05, 0.1) is 6.57 Å². The van der Waals surface area contributed by atoms with E-state index in [1.807, 2.05) is 18.2 Å². The van der Waals surface area contributed by atoms with Crippen LogP contribution in [0.2, 0.25) is 0 Å². The van der Waals surface area contributed by atoms with Crippen LogP contribution in [0, 0.1) is 17.9 Å². The number of thiophene rings is 2. The number of rotatable bonds is 2. The van der Waals surface area contributed by atoms with Gasteiger partial charge in [-0.2, -0.15) is 5.26 Å². The number of amides is 4. The fourth-order valence-electron chi connectivity index (χ4n) is 9.47. The summed E-state index contributed by atoms with van der Waals surface area (Å²) in [6.07, 6.45) is 14.9. The molecule has 10 heteroatoms. The molecule has 0 radical (unpaired) electrons. The summed E-state index contributed by atoms with van der Waals surface area (Å²) in [7, 11) is 2.87. The number of hydrogen-bond donors (Lipinski definition) is 0. The van der Waals surface area contributed by atoms with Crippen LogP contribution in [0.3, 0.4) is 0 Å². The topological polar surface area (TPSA) is 103 Å². The Morgan fingerprint density at radius 3 is 1.60 bits per heavy atom. The minimum Gasteiger partial charge on any atom is -0.287 e. The van der Waals surface area contributed by atoms with Crippen LogP contribution in [0.1, 0.15) is 109 Å². The predicted molar refractivity (Wildman–Crippen MR) is 194 cm³/mol. The molecule has 4 heterocycles. The van der Waals surface area contributed by atoms with Crippen molar-refractivity contribution in [3.63, 3.8) is 0 Å². The second-order valence-electron chi connectivity index (χ2n) is 14.5. The van der Waals surface area contributed by atoms with E-state index in [1.165, 1.54) is 59.0 Å². The largest absolute Gasteiger partial charge is 0.287 e. The summed E-state index contributed by atoms with van der Waals surface area (Å²) in [6.45, 7) is 11.0. The van der Waals surface area contributed by atoms with Crippen LogP contribution >= 0.6 is 22.7 Å². The highest BCUT2D eigenvalue weighted by Crippen LogP contribution is 2.71. The summed E-state index contributed by atoms with van der Waals surface area (Å²) < 4.78 is 0. The third kappa shape index (κ3) is 4.25. The summed E-state index contributed by atoms with van der Waals surface area (Å²) in [5.74, 6) is -1.88. The smallest absolute Gasteiger partial charge is 0.271 e. The molecule has 6 aliphatic rings. The van der Waals surface area contributed by atoms with E-state index in [9.17, 15) is 24.4 Å². The molecule has 0 atom stereocenters. The van der Waals surface area contributed by atoms with Gasteiger partial charge in [0.1, 0.15) is 11.6 Å². The fraction of sp³-hybridized carbons (Fsp3) is 0.400. The predicted octanol–water partition coefficient (Wildman–Crippen LogP) is 7.95. The first-order valence-electron chi connectivity index (χ1n) is 17.3. The lowest BCUT2D eigenvalue weighted by Crippen LogP contribution is -2.39. The number of hydrogen-bond acceptors (Lipinski definition) is 7. The van der Waals surface area contributed by atoms with Crippen molar-refractivity contribution in [3.05, 3.63) is 87.7 Å². The van der Waals surface area contributed by atoms with Crippen LogP contribution in [-0.2, 0) is 30.0 Å². The molecule has 252 valence electrons. The molecule has 2 spiro atoms. The first-order valence-corrected chi connectivity index (χ1v) is 18.9. The van der Waals surface area contributed by atoms with Gasteiger partial charge >= 0.3 is 0 Å². The van der Waals surface area contributed by atoms with Crippen LogP contribution in [0.5, 0.6) is 0 Å². The molecule has 0 bridgehead atoms. The lowest BCUT2D eigenvalue weighted by Gasteiger charge is -2.37. The number of nitrogens with zero attached hydrogens (tertiary/aromatic N) is 4. The van der Waals surface area contributed by atoms with Crippen molar-refractivity contribution in [2.75, 3.05) is 14.1 Å². The third-order valence-corrected chi connectivity index (χ3v) is 14.2. The third-order valence-electron chi connectivity index (χ3n) is 12.0. The van der Waals surface area contributed by atoms with Gasteiger partial charge in [0, 0.05) is 55.6 Å². The molecule has 50 heavy (non-hydrogen) atoms. The highest BCUT2D eigenvalue weighted by molar-refractivity contribution is 7.16. The van der Waals surface area contributed by atoms with E-state index in [4.69, 9.17) is 6.57 Å².